The Morgan fingerprint density at radius 2 is 1.96 bits per heavy atom. The van der Waals surface area contributed by atoms with Gasteiger partial charge in [0.25, 0.3) is 5.56 Å². The van der Waals surface area contributed by atoms with E-state index < -0.39 is 0 Å². The zero-order chi connectivity index (χ0) is 19.1. The topological polar surface area (TPSA) is 49.0 Å². The van der Waals surface area contributed by atoms with E-state index in [1.165, 1.54) is 34.7 Å². The van der Waals surface area contributed by atoms with Crippen molar-refractivity contribution in [2.45, 2.75) is 19.4 Å². The number of aromatic nitrogens is 2. The molecule has 0 unspecified atom stereocenters. The van der Waals surface area contributed by atoms with Crippen molar-refractivity contribution in [3.05, 3.63) is 82.2 Å². The van der Waals surface area contributed by atoms with Gasteiger partial charge in [0, 0.05) is 17.1 Å². The summed E-state index contributed by atoms with van der Waals surface area (Å²) in [6, 6.07) is 16.6. The number of hydrogen-bond donors (Lipinski definition) is 1. The molecule has 2 aromatic heterocycles. The van der Waals surface area contributed by atoms with E-state index in [2.05, 4.69) is 28.1 Å². The van der Waals surface area contributed by atoms with E-state index in [9.17, 15) is 9.18 Å². The van der Waals surface area contributed by atoms with Crippen molar-refractivity contribution >= 4 is 27.2 Å². The van der Waals surface area contributed by atoms with Gasteiger partial charge in [0.15, 0.2) is 0 Å². The first kappa shape index (κ1) is 17.1. The van der Waals surface area contributed by atoms with Crippen molar-refractivity contribution in [3.63, 3.8) is 0 Å². The number of anilines is 1. The number of nitrogens with one attached hydrogen (secondary N) is 1. The highest BCUT2D eigenvalue weighted by molar-refractivity contribution is 7.22. The van der Waals surface area contributed by atoms with Crippen LogP contribution < -0.4 is 10.5 Å². The normalized spacial score (nSPS) is 13.7. The standard InChI is InChI=1S/C22H18FN3OS/c23-16-9-7-15(8-10-16)19-12-17-21(28-19)22(27)25-20(24-17)13-26-11-3-5-14-4-1-2-6-18(14)26/h1-2,4,6-10,12H,3,5,11,13H2,(H,24,25,27). The summed E-state index contributed by atoms with van der Waals surface area (Å²) in [5.74, 6) is 0.391. The summed E-state index contributed by atoms with van der Waals surface area (Å²) in [6.45, 7) is 1.52. The van der Waals surface area contributed by atoms with Gasteiger partial charge in [0.2, 0.25) is 0 Å². The molecular weight excluding hydrogens is 373 g/mol. The molecule has 1 aliphatic rings. The largest absolute Gasteiger partial charge is 0.364 e. The first-order valence-corrected chi connectivity index (χ1v) is 10.1. The quantitative estimate of drug-likeness (QED) is 0.549. The SMILES string of the molecule is O=c1[nH]c(CN2CCCc3ccccc32)nc2cc(-c3ccc(F)cc3)sc12. The molecule has 28 heavy (non-hydrogen) atoms. The Morgan fingerprint density at radius 1 is 1.14 bits per heavy atom. The first-order chi connectivity index (χ1) is 13.7. The fraction of sp³-hybridized carbons (Fsp3) is 0.182. The number of benzene rings is 2. The number of halogens is 1. The van der Waals surface area contributed by atoms with Crippen molar-refractivity contribution in [1.29, 1.82) is 0 Å². The lowest BCUT2D eigenvalue weighted by molar-refractivity contribution is 0.628. The van der Waals surface area contributed by atoms with Crippen LogP contribution in [0.1, 0.15) is 17.8 Å². The van der Waals surface area contributed by atoms with Crippen LogP contribution in [-0.4, -0.2) is 16.5 Å². The number of H-pyrrole nitrogens is 1. The molecule has 5 rings (SSSR count). The van der Waals surface area contributed by atoms with Crippen LogP contribution >= 0.6 is 11.3 Å². The Morgan fingerprint density at radius 3 is 2.82 bits per heavy atom. The van der Waals surface area contributed by atoms with Crippen LogP contribution in [0, 0.1) is 5.82 Å². The molecule has 4 aromatic rings. The van der Waals surface area contributed by atoms with Crippen molar-refractivity contribution in [2.75, 3.05) is 11.4 Å². The van der Waals surface area contributed by atoms with Crippen molar-refractivity contribution in [1.82, 2.24) is 9.97 Å². The van der Waals surface area contributed by atoms with Crippen LogP contribution in [0.2, 0.25) is 0 Å². The lowest BCUT2D eigenvalue weighted by Crippen LogP contribution is -2.30. The third-order valence-electron chi connectivity index (χ3n) is 5.11. The van der Waals surface area contributed by atoms with E-state index in [0.29, 0.717) is 22.6 Å². The van der Waals surface area contributed by atoms with Crippen molar-refractivity contribution < 1.29 is 4.39 Å². The molecule has 0 saturated carbocycles. The maximum atomic E-state index is 13.2. The number of hydrogen-bond acceptors (Lipinski definition) is 4. The van der Waals surface area contributed by atoms with Crippen LogP contribution in [-0.2, 0) is 13.0 Å². The van der Waals surface area contributed by atoms with Crippen molar-refractivity contribution in [2.24, 2.45) is 0 Å². The number of aromatic amines is 1. The van der Waals surface area contributed by atoms with E-state index in [-0.39, 0.29) is 11.4 Å². The van der Waals surface area contributed by atoms with Gasteiger partial charge in [-0.15, -0.1) is 11.3 Å². The molecule has 0 saturated heterocycles. The average Bonchev–Trinajstić information content (AvgIpc) is 3.14. The number of aryl methyl sites for hydroxylation is 1. The van der Waals surface area contributed by atoms with Gasteiger partial charge in [-0.25, -0.2) is 9.37 Å². The van der Waals surface area contributed by atoms with Gasteiger partial charge in [-0.05, 0) is 48.2 Å². The number of thiophene rings is 1. The molecule has 0 fully saturated rings. The van der Waals surface area contributed by atoms with Gasteiger partial charge in [0.05, 0.1) is 12.1 Å². The van der Waals surface area contributed by atoms with Crippen LogP contribution in [0.3, 0.4) is 0 Å². The van der Waals surface area contributed by atoms with Gasteiger partial charge in [-0.3, -0.25) is 4.79 Å². The fourth-order valence-electron chi connectivity index (χ4n) is 3.78. The summed E-state index contributed by atoms with van der Waals surface area (Å²) in [5.41, 5.74) is 4.01. The smallest absolute Gasteiger partial charge is 0.268 e. The summed E-state index contributed by atoms with van der Waals surface area (Å²) >= 11 is 1.38. The number of fused-ring (bicyclic) bond motifs is 2. The lowest BCUT2D eigenvalue weighted by Gasteiger charge is -2.30. The van der Waals surface area contributed by atoms with Crippen LogP contribution in [0.5, 0.6) is 0 Å². The minimum Gasteiger partial charge on any atom is -0.364 e. The minimum absolute atomic E-state index is 0.122. The second-order valence-corrected chi connectivity index (χ2v) is 8.05. The predicted molar refractivity (Wildman–Crippen MR) is 111 cm³/mol. The number of para-hydroxylation sites is 1. The molecule has 6 heteroatoms. The summed E-state index contributed by atoms with van der Waals surface area (Å²) in [5, 5.41) is 0. The van der Waals surface area contributed by atoms with Crippen LogP contribution in [0.4, 0.5) is 10.1 Å². The molecule has 0 amide bonds. The van der Waals surface area contributed by atoms with E-state index in [4.69, 9.17) is 4.98 Å². The third-order valence-corrected chi connectivity index (χ3v) is 6.28. The number of rotatable bonds is 3. The van der Waals surface area contributed by atoms with Crippen LogP contribution in [0.15, 0.2) is 59.4 Å². The van der Waals surface area contributed by atoms with Gasteiger partial charge >= 0.3 is 0 Å². The molecule has 1 aliphatic heterocycles. The summed E-state index contributed by atoms with van der Waals surface area (Å²) in [4.78, 5) is 23.5. The monoisotopic (exact) mass is 391 g/mol. The van der Waals surface area contributed by atoms with Gasteiger partial charge in [-0.2, -0.15) is 0 Å². The molecule has 0 radical (unpaired) electrons. The summed E-state index contributed by atoms with van der Waals surface area (Å²) in [7, 11) is 0. The molecule has 2 aromatic carbocycles. The zero-order valence-electron chi connectivity index (χ0n) is 15.1. The Balaban J connectivity index is 1.50. The molecule has 0 aliphatic carbocycles. The summed E-state index contributed by atoms with van der Waals surface area (Å²) < 4.78 is 13.8. The average molecular weight is 391 g/mol. The van der Waals surface area contributed by atoms with Crippen molar-refractivity contribution in [3.8, 4) is 10.4 Å². The van der Waals surface area contributed by atoms with E-state index >= 15 is 0 Å². The highest BCUT2D eigenvalue weighted by Gasteiger charge is 2.18. The second-order valence-electron chi connectivity index (χ2n) is 7.00. The Kier molecular flexibility index (Phi) is 4.20. The lowest BCUT2D eigenvalue weighted by atomic mass is 10.0. The molecule has 1 N–H and O–H groups in total. The minimum atomic E-state index is -0.273. The molecule has 0 atom stereocenters. The molecule has 4 nitrogen and oxygen atoms in total. The predicted octanol–water partition coefficient (Wildman–Crippen LogP) is 4.74. The van der Waals surface area contributed by atoms with E-state index in [0.717, 1.165) is 29.8 Å². The van der Waals surface area contributed by atoms with Gasteiger partial charge in [-0.1, -0.05) is 30.3 Å². The van der Waals surface area contributed by atoms with Crippen LogP contribution in [0.25, 0.3) is 20.7 Å². The van der Waals surface area contributed by atoms with E-state index in [1.54, 1.807) is 12.1 Å². The first-order valence-electron chi connectivity index (χ1n) is 9.29. The summed E-state index contributed by atoms with van der Waals surface area (Å²) in [6.07, 6.45) is 2.18. The zero-order valence-corrected chi connectivity index (χ0v) is 15.9. The maximum Gasteiger partial charge on any atom is 0.268 e. The third kappa shape index (κ3) is 3.10. The highest BCUT2D eigenvalue weighted by Crippen LogP contribution is 2.31. The number of nitrogens with zero attached hydrogens (tertiary/aromatic N) is 2. The Labute approximate surface area is 165 Å². The van der Waals surface area contributed by atoms with E-state index in [1.807, 2.05) is 12.1 Å². The second kappa shape index (κ2) is 6.87. The Bertz CT molecular complexity index is 1210. The maximum absolute atomic E-state index is 13.2. The Hall–Kier alpha value is -2.99. The molecule has 0 bridgehead atoms. The highest BCUT2D eigenvalue weighted by atomic mass is 32.1. The van der Waals surface area contributed by atoms with Gasteiger partial charge < -0.3 is 9.88 Å². The molecule has 0 spiro atoms. The molecular formula is C22H18FN3OS. The molecule has 3 heterocycles. The molecule has 140 valence electrons. The van der Waals surface area contributed by atoms with Gasteiger partial charge in [0.1, 0.15) is 16.3 Å². The fourth-order valence-corrected chi connectivity index (χ4v) is 4.77.